The average molecular weight is 409 g/mol. The van der Waals surface area contributed by atoms with Gasteiger partial charge >= 0.3 is 12.1 Å². The van der Waals surface area contributed by atoms with Gasteiger partial charge in [-0.05, 0) is 41.3 Å². The SMILES string of the molecule is CN(C)C(=O)N1CC=C(c2ccc(NC(=O)N3Cc4cc(F)cnc4C3)cc2)CC1. The molecule has 4 rings (SSSR count). The Morgan fingerprint density at radius 1 is 1.13 bits per heavy atom. The van der Waals surface area contributed by atoms with E-state index in [0.717, 1.165) is 23.2 Å². The molecule has 8 heteroatoms. The smallest absolute Gasteiger partial charge is 0.322 e. The Morgan fingerprint density at radius 3 is 2.57 bits per heavy atom. The van der Waals surface area contributed by atoms with Crippen LogP contribution in [0.2, 0.25) is 0 Å². The number of anilines is 1. The van der Waals surface area contributed by atoms with E-state index in [-0.39, 0.29) is 12.1 Å². The van der Waals surface area contributed by atoms with Crippen LogP contribution in [0, 0.1) is 5.82 Å². The Balaban J connectivity index is 1.35. The van der Waals surface area contributed by atoms with Crippen molar-refractivity contribution in [2.45, 2.75) is 19.5 Å². The van der Waals surface area contributed by atoms with E-state index in [0.29, 0.717) is 31.9 Å². The van der Waals surface area contributed by atoms with Crippen LogP contribution in [-0.4, -0.2) is 58.9 Å². The maximum Gasteiger partial charge on any atom is 0.322 e. The van der Waals surface area contributed by atoms with Crippen molar-refractivity contribution in [1.29, 1.82) is 0 Å². The van der Waals surface area contributed by atoms with Gasteiger partial charge in [-0.2, -0.15) is 0 Å². The third kappa shape index (κ3) is 4.12. The van der Waals surface area contributed by atoms with Gasteiger partial charge in [-0.15, -0.1) is 0 Å². The molecular formula is C22H24FN5O2. The second-order valence-electron chi connectivity index (χ2n) is 7.73. The zero-order valence-corrected chi connectivity index (χ0v) is 17.1. The Bertz CT molecular complexity index is 1000. The summed E-state index contributed by atoms with van der Waals surface area (Å²) in [7, 11) is 3.51. The number of amides is 4. The first-order chi connectivity index (χ1) is 14.4. The van der Waals surface area contributed by atoms with Gasteiger partial charge in [0.1, 0.15) is 5.82 Å². The fraction of sp³-hybridized carbons (Fsp3) is 0.318. The van der Waals surface area contributed by atoms with Crippen molar-refractivity contribution in [2.75, 3.05) is 32.5 Å². The highest BCUT2D eigenvalue weighted by Gasteiger charge is 2.25. The van der Waals surface area contributed by atoms with Crippen LogP contribution in [0.4, 0.5) is 19.7 Å². The molecule has 0 spiro atoms. The van der Waals surface area contributed by atoms with E-state index in [1.807, 2.05) is 29.2 Å². The largest absolute Gasteiger partial charge is 0.331 e. The van der Waals surface area contributed by atoms with Crippen LogP contribution in [0.15, 0.2) is 42.6 Å². The highest BCUT2D eigenvalue weighted by molar-refractivity contribution is 5.90. The molecule has 0 fully saturated rings. The maximum absolute atomic E-state index is 13.3. The summed E-state index contributed by atoms with van der Waals surface area (Å²) in [5.74, 6) is -0.391. The minimum atomic E-state index is -0.391. The molecule has 1 N–H and O–H groups in total. The second-order valence-corrected chi connectivity index (χ2v) is 7.73. The number of carbonyl (C=O) groups excluding carboxylic acids is 2. The normalized spacial score (nSPS) is 15.5. The van der Waals surface area contributed by atoms with Crippen molar-refractivity contribution in [2.24, 2.45) is 0 Å². The molecule has 0 atom stereocenters. The maximum atomic E-state index is 13.3. The van der Waals surface area contributed by atoms with Crippen LogP contribution >= 0.6 is 0 Å². The molecule has 0 unspecified atom stereocenters. The fourth-order valence-corrected chi connectivity index (χ4v) is 3.73. The van der Waals surface area contributed by atoms with E-state index in [4.69, 9.17) is 0 Å². The third-order valence-electron chi connectivity index (χ3n) is 5.38. The van der Waals surface area contributed by atoms with E-state index in [1.54, 1.807) is 23.9 Å². The van der Waals surface area contributed by atoms with Crippen molar-refractivity contribution in [1.82, 2.24) is 19.7 Å². The summed E-state index contributed by atoms with van der Waals surface area (Å²) < 4.78 is 13.3. The monoisotopic (exact) mass is 409 g/mol. The summed E-state index contributed by atoms with van der Waals surface area (Å²) in [6.07, 6.45) is 4.04. The van der Waals surface area contributed by atoms with Gasteiger partial charge in [-0.3, -0.25) is 4.98 Å². The molecule has 2 aliphatic rings. The van der Waals surface area contributed by atoms with Gasteiger partial charge in [0.05, 0.1) is 18.4 Å². The number of benzene rings is 1. The Morgan fingerprint density at radius 2 is 1.90 bits per heavy atom. The van der Waals surface area contributed by atoms with Crippen LogP contribution in [0.1, 0.15) is 23.2 Å². The molecule has 1 aromatic heterocycles. The van der Waals surface area contributed by atoms with Gasteiger partial charge in [-0.25, -0.2) is 14.0 Å². The lowest BCUT2D eigenvalue weighted by Crippen LogP contribution is -2.41. The van der Waals surface area contributed by atoms with Crippen molar-refractivity contribution in [3.05, 3.63) is 65.2 Å². The molecule has 30 heavy (non-hydrogen) atoms. The standard InChI is InChI=1S/C22H24FN5O2/c1-26(2)22(30)27-9-7-16(8-10-27)15-3-5-19(6-4-15)25-21(29)28-13-17-11-18(23)12-24-20(17)14-28/h3-7,11-12H,8-10,13-14H2,1-2H3,(H,25,29). The summed E-state index contributed by atoms with van der Waals surface area (Å²) in [5.41, 5.74) is 4.44. The second kappa shape index (κ2) is 8.14. The van der Waals surface area contributed by atoms with Crippen molar-refractivity contribution >= 4 is 23.3 Å². The number of fused-ring (bicyclic) bond motifs is 1. The van der Waals surface area contributed by atoms with Gasteiger partial charge < -0.3 is 20.0 Å². The van der Waals surface area contributed by atoms with Gasteiger partial charge in [0.2, 0.25) is 0 Å². The molecule has 0 saturated heterocycles. The van der Waals surface area contributed by atoms with Gasteiger partial charge in [-0.1, -0.05) is 18.2 Å². The Kier molecular flexibility index (Phi) is 5.39. The van der Waals surface area contributed by atoms with Gasteiger partial charge in [0.15, 0.2) is 0 Å². The van der Waals surface area contributed by atoms with E-state index >= 15 is 0 Å². The van der Waals surface area contributed by atoms with Gasteiger partial charge in [0, 0.05) is 39.4 Å². The highest BCUT2D eigenvalue weighted by Crippen LogP contribution is 2.25. The number of pyridine rings is 1. The lowest BCUT2D eigenvalue weighted by molar-refractivity contribution is 0.176. The lowest BCUT2D eigenvalue weighted by atomic mass is 9.99. The molecule has 0 saturated carbocycles. The van der Waals surface area contributed by atoms with Crippen molar-refractivity contribution in [3.8, 4) is 0 Å². The Labute approximate surface area is 174 Å². The number of carbonyl (C=O) groups is 2. The fourth-order valence-electron chi connectivity index (χ4n) is 3.73. The number of nitrogens with one attached hydrogen (secondary N) is 1. The number of aromatic nitrogens is 1. The van der Waals surface area contributed by atoms with E-state index in [1.165, 1.54) is 17.8 Å². The molecule has 0 radical (unpaired) electrons. The number of halogens is 1. The van der Waals surface area contributed by atoms with Crippen LogP contribution < -0.4 is 5.32 Å². The predicted octanol–water partition coefficient (Wildman–Crippen LogP) is 3.54. The first-order valence-corrected chi connectivity index (χ1v) is 9.85. The van der Waals surface area contributed by atoms with E-state index < -0.39 is 5.82 Å². The molecule has 4 amide bonds. The summed E-state index contributed by atoms with van der Waals surface area (Å²) >= 11 is 0. The van der Waals surface area contributed by atoms with Gasteiger partial charge in [0.25, 0.3) is 0 Å². The quantitative estimate of drug-likeness (QED) is 0.825. The molecule has 0 bridgehead atoms. The molecule has 3 heterocycles. The number of rotatable bonds is 2. The topological polar surface area (TPSA) is 68.8 Å². The number of nitrogens with zero attached hydrogens (tertiary/aromatic N) is 4. The molecule has 2 aromatic rings. The first-order valence-electron chi connectivity index (χ1n) is 9.85. The minimum absolute atomic E-state index is 0.0189. The predicted molar refractivity (Wildman–Crippen MR) is 112 cm³/mol. The number of urea groups is 2. The zero-order chi connectivity index (χ0) is 21.3. The third-order valence-corrected chi connectivity index (χ3v) is 5.38. The number of hydrogen-bond donors (Lipinski definition) is 1. The zero-order valence-electron chi connectivity index (χ0n) is 17.1. The summed E-state index contributed by atoms with van der Waals surface area (Å²) in [4.78, 5) is 33.6. The first kappa shape index (κ1) is 19.9. The Hall–Kier alpha value is -3.42. The highest BCUT2D eigenvalue weighted by atomic mass is 19.1. The lowest BCUT2D eigenvalue weighted by Gasteiger charge is -2.29. The average Bonchev–Trinajstić information content (AvgIpc) is 3.17. The van der Waals surface area contributed by atoms with Crippen LogP contribution in [0.5, 0.6) is 0 Å². The van der Waals surface area contributed by atoms with Crippen LogP contribution in [-0.2, 0) is 13.1 Å². The molecule has 156 valence electrons. The van der Waals surface area contributed by atoms with Crippen molar-refractivity contribution in [3.63, 3.8) is 0 Å². The van der Waals surface area contributed by atoms with Crippen LogP contribution in [0.25, 0.3) is 5.57 Å². The molecular weight excluding hydrogens is 385 g/mol. The number of hydrogen-bond acceptors (Lipinski definition) is 3. The molecule has 7 nitrogen and oxygen atoms in total. The molecule has 2 aliphatic heterocycles. The summed E-state index contributed by atoms with van der Waals surface area (Å²) in [6.45, 7) is 1.99. The minimum Gasteiger partial charge on any atom is -0.331 e. The molecule has 1 aromatic carbocycles. The van der Waals surface area contributed by atoms with E-state index in [9.17, 15) is 14.0 Å². The summed E-state index contributed by atoms with van der Waals surface area (Å²) in [6, 6.07) is 8.89. The van der Waals surface area contributed by atoms with Crippen molar-refractivity contribution < 1.29 is 14.0 Å². The van der Waals surface area contributed by atoms with E-state index in [2.05, 4.69) is 16.4 Å². The molecule has 0 aliphatic carbocycles. The van der Waals surface area contributed by atoms with Crippen LogP contribution in [0.3, 0.4) is 0 Å². The summed E-state index contributed by atoms with van der Waals surface area (Å²) in [5, 5.41) is 2.89.